The fourth-order valence-electron chi connectivity index (χ4n) is 22.6. The summed E-state index contributed by atoms with van der Waals surface area (Å²) in [5, 5.41) is 6.88. The summed E-state index contributed by atoms with van der Waals surface area (Å²) in [6.07, 6.45) is 0. The molecule has 0 saturated heterocycles. The summed E-state index contributed by atoms with van der Waals surface area (Å²) in [5.41, 5.74) is 46.0. The van der Waals surface area contributed by atoms with Gasteiger partial charge < -0.3 is 0 Å². The van der Waals surface area contributed by atoms with Crippen molar-refractivity contribution in [1.29, 1.82) is 0 Å². The van der Waals surface area contributed by atoms with Crippen LogP contribution in [-0.4, -0.2) is 29.9 Å². The van der Waals surface area contributed by atoms with E-state index in [1.54, 1.807) is 0 Å². The van der Waals surface area contributed by atoms with Crippen molar-refractivity contribution < 1.29 is 0 Å². The molecule has 0 spiro atoms. The van der Waals surface area contributed by atoms with E-state index < -0.39 is 0 Å². The molecule has 644 valence electrons. The van der Waals surface area contributed by atoms with Gasteiger partial charge in [0, 0.05) is 87.7 Å². The second-order valence-electron chi connectivity index (χ2n) is 39.1. The van der Waals surface area contributed by atoms with Gasteiger partial charge in [0.15, 0.2) is 11.6 Å². The molecule has 6 heteroatoms. The molecule has 4 aromatic heterocycles. The molecule has 0 aliphatic heterocycles. The third kappa shape index (κ3) is 13.3. The van der Waals surface area contributed by atoms with Crippen LogP contribution in [0.4, 0.5) is 0 Å². The molecule has 0 radical (unpaired) electrons. The number of nitrogens with zero attached hydrogens (tertiary/aromatic N) is 6. The van der Waals surface area contributed by atoms with E-state index in [4.69, 9.17) is 29.9 Å². The summed E-state index contributed by atoms with van der Waals surface area (Å²) in [7, 11) is 0. The van der Waals surface area contributed by atoms with Crippen LogP contribution in [0.25, 0.3) is 223 Å². The Labute approximate surface area is 793 Å². The molecule has 4 aliphatic carbocycles. The van der Waals surface area contributed by atoms with Crippen LogP contribution in [0.15, 0.2) is 425 Å². The number of pyridine rings is 2. The van der Waals surface area contributed by atoms with Crippen molar-refractivity contribution in [3.8, 4) is 179 Å². The zero-order chi connectivity index (χ0) is 91.5. The lowest BCUT2D eigenvalue weighted by atomic mass is 9.81. The molecule has 6 nitrogen and oxygen atoms in total. The first-order valence-electron chi connectivity index (χ1n) is 47.3. The molecular weight excluding hydrogens is 1650 g/mol. The highest BCUT2D eigenvalue weighted by Gasteiger charge is 2.40. The number of fused-ring (bicyclic) bond motifs is 18. The first-order chi connectivity index (χ1) is 66.4. The van der Waals surface area contributed by atoms with Gasteiger partial charge in [-0.05, 0) is 205 Å². The molecule has 0 amide bonds. The third-order valence-electron chi connectivity index (χ3n) is 29.8. The number of hydrogen-bond donors (Lipinski definition) is 0. The summed E-state index contributed by atoms with van der Waals surface area (Å²) < 4.78 is 0. The van der Waals surface area contributed by atoms with Crippen molar-refractivity contribution in [2.24, 2.45) is 0 Å². The Morgan fingerprint density at radius 1 is 0.132 bits per heavy atom. The number of hydrogen-bond acceptors (Lipinski definition) is 6. The standard InChI is InChI=1S/2C65H47N3/c1-64(2)55-25-15-13-22-47(55)49-33-31-44(35-57(49)64)52-37-54-53(40-27-29-42(30-28-40)61-39-60(41-17-7-5-8-18-41)67-63(68-61)43-19-9-6-10-20-43)38-59(66-62(54)51-24-12-11-21-46(51)52)45-32-34-50-48-23-14-16-26-56(48)65(3,4)58(50)36-45;1-64(2)55-25-15-13-22-47(55)49-33-31-44(35-57(49)64)52-37-54-53(40-27-29-43(30-28-40)63-67-60(41-17-7-5-8-18-41)39-61(68-63)42-19-9-6-10-20-42)38-59(66-62(54)51-24-12-11-21-46(51)52)45-32-34-50-48-23-14-16-26-56(48)65(3,4)58(50)36-45/h2*5-39H,1-4H3. The zero-order valence-corrected chi connectivity index (χ0v) is 77.1. The van der Waals surface area contributed by atoms with E-state index in [0.29, 0.717) is 11.6 Å². The Morgan fingerprint density at radius 2 is 0.353 bits per heavy atom. The van der Waals surface area contributed by atoms with E-state index in [-0.39, 0.29) is 21.7 Å². The van der Waals surface area contributed by atoms with Crippen LogP contribution in [0.3, 0.4) is 0 Å². The predicted octanol–water partition coefficient (Wildman–Crippen LogP) is 33.6. The SMILES string of the molecule is CC1(C)c2ccccc2-c2ccc(-c3cc(-c4ccc(-c5cc(-c6ccccc6)nc(-c6ccccc6)n5)cc4)c4cc(-c5ccc6c(c5)C(C)(C)c5ccccc5-6)c5ccccc5c4n3)cc21.CC1(C)c2ccccc2-c2ccc(-c3cc(-c4ccc(-c5nc(-c6ccccc6)cc(-c6ccccc6)n5)cc4)c4cc(-c5ccc6c(c5)C(C)(C)c5ccccc5-6)c5ccccc5c4n3)cc21. The van der Waals surface area contributed by atoms with E-state index >= 15 is 0 Å². The lowest BCUT2D eigenvalue weighted by Gasteiger charge is -2.22. The maximum absolute atomic E-state index is 5.65. The van der Waals surface area contributed by atoms with Crippen molar-refractivity contribution in [3.05, 3.63) is 469 Å². The van der Waals surface area contributed by atoms with Gasteiger partial charge in [0.25, 0.3) is 0 Å². The van der Waals surface area contributed by atoms with Crippen LogP contribution in [-0.2, 0) is 21.7 Å². The van der Waals surface area contributed by atoms with Crippen LogP contribution < -0.4 is 0 Å². The minimum absolute atomic E-state index is 0.114. The minimum Gasteiger partial charge on any atom is -0.247 e. The first-order valence-corrected chi connectivity index (χ1v) is 47.3. The Hall–Kier alpha value is -16.5. The van der Waals surface area contributed by atoms with Crippen LogP contribution in [0.2, 0.25) is 0 Å². The summed E-state index contributed by atoms with van der Waals surface area (Å²) in [5.74, 6) is 1.39. The first kappa shape index (κ1) is 81.5. The molecule has 18 aromatic carbocycles. The molecule has 0 bridgehead atoms. The highest BCUT2D eigenvalue weighted by atomic mass is 14.9. The summed E-state index contributed by atoms with van der Waals surface area (Å²) in [6, 6.07) is 154. The molecule has 136 heavy (non-hydrogen) atoms. The quantitative estimate of drug-likeness (QED) is 0.113. The van der Waals surface area contributed by atoms with E-state index in [1.807, 2.05) is 36.4 Å². The van der Waals surface area contributed by atoms with Crippen LogP contribution in [0.1, 0.15) is 99.9 Å². The van der Waals surface area contributed by atoms with Gasteiger partial charge in [0.1, 0.15) is 0 Å². The number of aromatic nitrogens is 6. The Kier molecular flexibility index (Phi) is 18.9. The Bertz CT molecular complexity index is 8050. The van der Waals surface area contributed by atoms with Gasteiger partial charge in [-0.15, -0.1) is 0 Å². The molecule has 0 saturated carbocycles. The van der Waals surface area contributed by atoms with Crippen molar-refractivity contribution in [2.75, 3.05) is 0 Å². The summed E-state index contributed by atoms with van der Waals surface area (Å²) in [4.78, 5) is 31.9. The smallest absolute Gasteiger partial charge is 0.160 e. The van der Waals surface area contributed by atoms with Crippen molar-refractivity contribution in [1.82, 2.24) is 29.9 Å². The van der Waals surface area contributed by atoms with Crippen molar-refractivity contribution in [3.63, 3.8) is 0 Å². The average molecular weight is 1740 g/mol. The number of rotatable bonds is 12. The lowest BCUT2D eigenvalue weighted by molar-refractivity contribution is 0.660. The van der Waals surface area contributed by atoms with E-state index in [0.717, 1.165) is 134 Å². The van der Waals surface area contributed by atoms with Gasteiger partial charge >= 0.3 is 0 Å². The van der Waals surface area contributed by atoms with Gasteiger partial charge in [-0.2, -0.15) is 0 Å². The lowest BCUT2D eigenvalue weighted by Crippen LogP contribution is -2.15. The van der Waals surface area contributed by atoms with Crippen LogP contribution >= 0.6 is 0 Å². The fourth-order valence-corrected chi connectivity index (χ4v) is 22.6. The average Bonchev–Trinajstić information content (AvgIpc) is 1.74. The second-order valence-corrected chi connectivity index (χ2v) is 39.1. The molecular formula is C130H94N6. The predicted molar refractivity (Wildman–Crippen MR) is 565 cm³/mol. The van der Waals surface area contributed by atoms with Gasteiger partial charge in [-0.25, -0.2) is 29.9 Å². The molecule has 0 fully saturated rings. The van der Waals surface area contributed by atoms with E-state index in [2.05, 4.69) is 444 Å². The van der Waals surface area contributed by atoms with Crippen molar-refractivity contribution in [2.45, 2.75) is 77.0 Å². The molecule has 22 aromatic rings. The molecule has 4 heterocycles. The van der Waals surface area contributed by atoms with Gasteiger partial charge in [-0.3, -0.25) is 0 Å². The Balaban J connectivity index is 0.000000145. The highest BCUT2D eigenvalue weighted by Crippen LogP contribution is 2.56. The monoisotopic (exact) mass is 1740 g/mol. The highest BCUT2D eigenvalue weighted by molar-refractivity contribution is 6.18. The van der Waals surface area contributed by atoms with Gasteiger partial charge in [0.05, 0.1) is 45.2 Å². The van der Waals surface area contributed by atoms with Crippen LogP contribution in [0, 0.1) is 0 Å². The second kappa shape index (κ2) is 31.6. The van der Waals surface area contributed by atoms with Gasteiger partial charge in [0.2, 0.25) is 0 Å². The molecule has 0 N–H and O–H groups in total. The third-order valence-corrected chi connectivity index (χ3v) is 29.8. The molecule has 0 atom stereocenters. The minimum atomic E-state index is -0.134. The number of benzene rings is 18. The van der Waals surface area contributed by atoms with Crippen LogP contribution in [0.5, 0.6) is 0 Å². The van der Waals surface area contributed by atoms with E-state index in [1.165, 1.54) is 122 Å². The molecule has 26 rings (SSSR count). The van der Waals surface area contributed by atoms with E-state index in [9.17, 15) is 0 Å². The summed E-state index contributed by atoms with van der Waals surface area (Å²) >= 11 is 0. The summed E-state index contributed by atoms with van der Waals surface area (Å²) in [6.45, 7) is 18.8. The molecule has 4 aliphatic rings. The Morgan fingerprint density at radius 3 is 0.684 bits per heavy atom. The van der Waals surface area contributed by atoms with Gasteiger partial charge in [-0.1, -0.05) is 419 Å². The topological polar surface area (TPSA) is 77.3 Å². The largest absolute Gasteiger partial charge is 0.247 e. The normalized spacial score (nSPS) is 13.8. The van der Waals surface area contributed by atoms with Crippen molar-refractivity contribution >= 4 is 43.4 Å². The maximum Gasteiger partial charge on any atom is 0.160 e. The molecule has 0 unspecified atom stereocenters. The zero-order valence-electron chi connectivity index (χ0n) is 77.1. The fraction of sp³-hybridized carbons (Fsp3) is 0.0923. The maximum atomic E-state index is 5.65.